The largest absolute Gasteiger partial charge is 0.472 e. The second-order valence-electron chi connectivity index (χ2n) is 9.20. The zero-order valence-electron chi connectivity index (χ0n) is 16.9. The molecule has 4 rings (SSSR count). The van der Waals surface area contributed by atoms with Crippen molar-refractivity contribution in [2.45, 2.75) is 65.6 Å². The van der Waals surface area contributed by atoms with Gasteiger partial charge in [0.25, 0.3) is 0 Å². The number of Topliss-reactive ketones (excluding diaryl/α,β-unsaturated/α-hetero) is 1. The summed E-state index contributed by atoms with van der Waals surface area (Å²) in [5.74, 6) is -0.898. The van der Waals surface area contributed by atoms with Gasteiger partial charge in [0.2, 0.25) is 5.78 Å². The fourth-order valence-corrected chi connectivity index (χ4v) is 6.39. The zero-order valence-corrected chi connectivity index (χ0v) is 16.9. The number of carbonyl (C=O) groups excluding carboxylic acids is 3. The molecule has 0 unspecified atom stereocenters. The molecule has 1 aromatic rings. The summed E-state index contributed by atoms with van der Waals surface area (Å²) in [4.78, 5) is 37.9. The van der Waals surface area contributed by atoms with Crippen LogP contribution in [0.3, 0.4) is 0 Å². The smallest absolute Gasteiger partial charge is 0.309 e. The van der Waals surface area contributed by atoms with E-state index >= 15 is 0 Å². The van der Waals surface area contributed by atoms with Gasteiger partial charge in [-0.3, -0.25) is 14.4 Å². The molecule has 2 saturated carbocycles. The quantitative estimate of drug-likeness (QED) is 0.576. The van der Waals surface area contributed by atoms with Crippen LogP contribution in [0, 0.1) is 28.6 Å². The van der Waals surface area contributed by atoms with Gasteiger partial charge in [-0.2, -0.15) is 0 Å². The lowest BCUT2D eigenvalue weighted by Gasteiger charge is -2.60. The molecule has 0 radical (unpaired) electrons. The number of ketones is 1. The van der Waals surface area contributed by atoms with E-state index in [-0.39, 0.29) is 41.0 Å². The maximum Gasteiger partial charge on any atom is 0.309 e. The van der Waals surface area contributed by atoms with E-state index in [0.29, 0.717) is 12.0 Å². The van der Waals surface area contributed by atoms with Gasteiger partial charge in [-0.15, -0.1) is 0 Å². The molecule has 28 heavy (non-hydrogen) atoms. The van der Waals surface area contributed by atoms with Crippen molar-refractivity contribution in [1.29, 1.82) is 0 Å². The van der Waals surface area contributed by atoms with Crippen LogP contribution in [-0.4, -0.2) is 29.9 Å². The number of rotatable bonds is 4. The summed E-state index contributed by atoms with van der Waals surface area (Å²) in [6.07, 6.45) is 5.06. The molecule has 1 saturated heterocycles. The number of hydrogen-bond acceptors (Lipinski definition) is 6. The van der Waals surface area contributed by atoms with E-state index in [2.05, 4.69) is 20.8 Å². The van der Waals surface area contributed by atoms with Crippen LogP contribution in [-0.2, 0) is 19.1 Å². The molecule has 0 amide bonds. The molecule has 1 aromatic heterocycles. The van der Waals surface area contributed by atoms with Crippen LogP contribution in [0.25, 0.3) is 0 Å². The Kier molecular flexibility index (Phi) is 4.43. The molecule has 2 aliphatic carbocycles. The second-order valence-corrected chi connectivity index (χ2v) is 9.20. The first-order chi connectivity index (χ1) is 13.2. The standard InChI is InChI=1S/C22H28O6/c1-12-10-17-22(4)15(20(25)28-17)6-5-7-16(22)21(12,3)19(27-13(2)23)18(24)14-8-9-26-11-14/h8-9,11-12,15-17,19H,5-7,10H2,1-4H3/t12-,15+,16-,17+,19-,21+,22+/m1/s1. The average Bonchev–Trinajstić information content (AvgIpc) is 3.25. The molecule has 2 heterocycles. The Labute approximate surface area is 164 Å². The predicted octanol–water partition coefficient (Wildman–Crippen LogP) is 3.79. The Morgan fingerprint density at radius 1 is 1.29 bits per heavy atom. The fraction of sp³-hybridized carbons (Fsp3) is 0.682. The highest BCUT2D eigenvalue weighted by Gasteiger charge is 2.69. The molecule has 6 heteroatoms. The molecule has 0 aromatic carbocycles. The summed E-state index contributed by atoms with van der Waals surface area (Å²) in [5.41, 5.74) is -0.540. The first-order valence-corrected chi connectivity index (χ1v) is 10.1. The Morgan fingerprint density at radius 2 is 2.04 bits per heavy atom. The summed E-state index contributed by atoms with van der Waals surface area (Å²) in [7, 11) is 0. The topological polar surface area (TPSA) is 82.8 Å². The normalized spacial score (nSPS) is 40.4. The summed E-state index contributed by atoms with van der Waals surface area (Å²) < 4.78 is 16.6. The highest BCUT2D eigenvalue weighted by Crippen LogP contribution is 2.66. The van der Waals surface area contributed by atoms with Crippen LogP contribution < -0.4 is 0 Å². The number of carbonyl (C=O) groups is 3. The van der Waals surface area contributed by atoms with Crippen molar-refractivity contribution >= 4 is 17.7 Å². The maximum atomic E-state index is 13.4. The first-order valence-electron chi connectivity index (χ1n) is 10.1. The average molecular weight is 388 g/mol. The third-order valence-electron chi connectivity index (χ3n) is 8.00. The van der Waals surface area contributed by atoms with Gasteiger partial charge in [0.1, 0.15) is 12.4 Å². The van der Waals surface area contributed by atoms with Crippen molar-refractivity contribution in [3.63, 3.8) is 0 Å². The van der Waals surface area contributed by atoms with Gasteiger partial charge < -0.3 is 13.9 Å². The van der Waals surface area contributed by atoms with Crippen LogP contribution in [0.1, 0.15) is 63.7 Å². The number of ether oxygens (including phenoxy) is 2. The van der Waals surface area contributed by atoms with Crippen molar-refractivity contribution in [2.24, 2.45) is 28.6 Å². The van der Waals surface area contributed by atoms with Crippen molar-refractivity contribution in [3.8, 4) is 0 Å². The third-order valence-corrected chi connectivity index (χ3v) is 8.00. The van der Waals surface area contributed by atoms with Crippen LogP contribution in [0.5, 0.6) is 0 Å². The lowest BCUT2D eigenvalue weighted by molar-refractivity contribution is -0.184. The third kappa shape index (κ3) is 2.49. The summed E-state index contributed by atoms with van der Waals surface area (Å²) in [5, 5.41) is 0. The first kappa shape index (κ1) is 19.2. The predicted molar refractivity (Wildman–Crippen MR) is 99.3 cm³/mol. The zero-order chi connectivity index (χ0) is 20.3. The Hall–Kier alpha value is -2.11. The SMILES string of the molecule is CC(=O)O[C@H](C(=O)c1ccoc1)[C@]1(C)[C@H]2CCC[C@H]3C(=O)O[C@@H](C[C@H]1C)[C@]23C. The molecule has 0 bridgehead atoms. The summed E-state index contributed by atoms with van der Waals surface area (Å²) in [6.45, 7) is 7.60. The number of furan rings is 1. The van der Waals surface area contributed by atoms with Crippen LogP contribution >= 0.6 is 0 Å². The molecule has 3 fully saturated rings. The van der Waals surface area contributed by atoms with Crippen molar-refractivity contribution in [1.82, 2.24) is 0 Å². The van der Waals surface area contributed by atoms with E-state index in [0.717, 1.165) is 19.3 Å². The van der Waals surface area contributed by atoms with E-state index in [4.69, 9.17) is 13.9 Å². The van der Waals surface area contributed by atoms with E-state index < -0.39 is 17.5 Å². The molecular weight excluding hydrogens is 360 g/mol. The van der Waals surface area contributed by atoms with E-state index in [1.807, 2.05) is 0 Å². The van der Waals surface area contributed by atoms with Gasteiger partial charge in [-0.05, 0) is 37.2 Å². The number of esters is 2. The van der Waals surface area contributed by atoms with Gasteiger partial charge in [-0.25, -0.2) is 0 Å². The van der Waals surface area contributed by atoms with Crippen LogP contribution in [0.15, 0.2) is 23.0 Å². The number of hydrogen-bond donors (Lipinski definition) is 0. The van der Waals surface area contributed by atoms with Crippen molar-refractivity contribution in [2.75, 3.05) is 0 Å². The lowest BCUT2D eigenvalue weighted by atomic mass is 9.43. The Balaban J connectivity index is 1.81. The van der Waals surface area contributed by atoms with Crippen molar-refractivity contribution < 1.29 is 28.3 Å². The Bertz CT molecular complexity index is 798. The highest BCUT2D eigenvalue weighted by atomic mass is 16.6. The molecule has 7 atom stereocenters. The molecule has 0 N–H and O–H groups in total. The maximum absolute atomic E-state index is 13.4. The van der Waals surface area contributed by atoms with E-state index in [1.54, 1.807) is 6.07 Å². The minimum atomic E-state index is -0.921. The summed E-state index contributed by atoms with van der Waals surface area (Å²) in [6, 6.07) is 1.60. The molecule has 152 valence electrons. The van der Waals surface area contributed by atoms with Gasteiger partial charge >= 0.3 is 11.9 Å². The molecule has 0 spiro atoms. The molecular formula is C22H28O6. The summed E-state index contributed by atoms with van der Waals surface area (Å²) >= 11 is 0. The van der Waals surface area contributed by atoms with E-state index in [9.17, 15) is 14.4 Å². The van der Waals surface area contributed by atoms with Gasteiger partial charge in [0, 0.05) is 17.8 Å². The van der Waals surface area contributed by atoms with Crippen LogP contribution in [0.2, 0.25) is 0 Å². The highest BCUT2D eigenvalue weighted by molar-refractivity contribution is 6.00. The minimum absolute atomic E-state index is 0.0409. The van der Waals surface area contributed by atoms with Gasteiger partial charge in [0.05, 0.1) is 17.7 Å². The molecule has 3 aliphatic rings. The van der Waals surface area contributed by atoms with E-state index in [1.165, 1.54) is 19.5 Å². The minimum Gasteiger partial charge on any atom is -0.472 e. The lowest BCUT2D eigenvalue weighted by Crippen LogP contribution is -2.62. The fourth-order valence-electron chi connectivity index (χ4n) is 6.39. The van der Waals surface area contributed by atoms with Gasteiger partial charge in [-0.1, -0.05) is 27.2 Å². The Morgan fingerprint density at radius 3 is 2.68 bits per heavy atom. The molecule has 1 aliphatic heterocycles. The van der Waals surface area contributed by atoms with Gasteiger partial charge in [0.15, 0.2) is 6.10 Å². The monoisotopic (exact) mass is 388 g/mol. The molecule has 6 nitrogen and oxygen atoms in total. The van der Waals surface area contributed by atoms with Crippen molar-refractivity contribution in [3.05, 3.63) is 24.2 Å². The van der Waals surface area contributed by atoms with Crippen LogP contribution in [0.4, 0.5) is 0 Å². The second kappa shape index (κ2) is 6.46.